The molecule has 0 aliphatic carbocycles. The highest BCUT2D eigenvalue weighted by Crippen LogP contribution is 2.08. The lowest BCUT2D eigenvalue weighted by Crippen LogP contribution is -2.15. The highest BCUT2D eigenvalue weighted by Gasteiger charge is 2.11. The fraction of sp³-hybridized carbons (Fsp3) is 0.182. The van der Waals surface area contributed by atoms with E-state index >= 15 is 0 Å². The van der Waals surface area contributed by atoms with Crippen LogP contribution in [0.15, 0.2) is 24.7 Å². The summed E-state index contributed by atoms with van der Waals surface area (Å²) in [5, 5.41) is 10.00. The van der Waals surface area contributed by atoms with Gasteiger partial charge >= 0.3 is 0 Å². The van der Waals surface area contributed by atoms with Gasteiger partial charge in [-0.15, -0.1) is 0 Å². The molecule has 1 N–H and O–H groups in total. The Kier molecular flexibility index (Phi) is 3.04. The van der Waals surface area contributed by atoms with Crippen LogP contribution >= 0.6 is 0 Å². The maximum Gasteiger partial charge on any atom is 0.259 e. The molecule has 0 radical (unpaired) electrons. The molecule has 0 aromatic carbocycles. The van der Waals surface area contributed by atoms with Gasteiger partial charge in [0.05, 0.1) is 29.3 Å². The van der Waals surface area contributed by atoms with Gasteiger partial charge in [0.1, 0.15) is 5.82 Å². The molecule has 2 heterocycles. The molecule has 6 heteroatoms. The van der Waals surface area contributed by atoms with E-state index in [0.29, 0.717) is 22.8 Å². The van der Waals surface area contributed by atoms with Crippen LogP contribution in [0, 0.1) is 13.8 Å². The van der Waals surface area contributed by atoms with Crippen LogP contribution in [0.5, 0.6) is 0 Å². The Labute approximate surface area is 98.1 Å². The van der Waals surface area contributed by atoms with Crippen LogP contribution in [0.4, 0.5) is 5.69 Å². The number of aryl methyl sites for hydroxylation is 2. The van der Waals surface area contributed by atoms with Crippen LogP contribution in [0.1, 0.15) is 21.9 Å². The highest BCUT2D eigenvalue weighted by molar-refractivity contribution is 6.04. The molecule has 6 nitrogen and oxygen atoms in total. The first-order chi connectivity index (χ1) is 8.16. The normalized spacial score (nSPS) is 10.0. The van der Waals surface area contributed by atoms with E-state index in [4.69, 9.17) is 0 Å². The smallest absolute Gasteiger partial charge is 0.259 e. The second-order valence-electron chi connectivity index (χ2n) is 3.50. The van der Waals surface area contributed by atoms with Gasteiger partial charge in [0.15, 0.2) is 0 Å². The molecule has 0 saturated heterocycles. The number of aromatic nitrogens is 4. The zero-order valence-corrected chi connectivity index (χ0v) is 9.51. The third-order valence-corrected chi connectivity index (χ3v) is 2.19. The fourth-order valence-electron chi connectivity index (χ4n) is 1.37. The third kappa shape index (κ3) is 2.60. The lowest BCUT2D eigenvalue weighted by Gasteiger charge is -2.06. The first-order valence-corrected chi connectivity index (χ1v) is 5.05. The van der Waals surface area contributed by atoms with E-state index in [1.165, 1.54) is 18.6 Å². The van der Waals surface area contributed by atoms with E-state index in [0.717, 1.165) is 0 Å². The van der Waals surface area contributed by atoms with Crippen LogP contribution in [-0.4, -0.2) is 26.1 Å². The van der Waals surface area contributed by atoms with Crippen molar-refractivity contribution >= 4 is 11.6 Å². The van der Waals surface area contributed by atoms with E-state index in [1.807, 2.05) is 0 Å². The molecule has 0 atom stereocenters. The van der Waals surface area contributed by atoms with Gasteiger partial charge in [-0.25, -0.2) is 9.97 Å². The number of carbonyl (C=O) groups excluding carboxylic acids is 1. The SMILES string of the molecule is Cc1ncc(C(=O)Nc2ccnnc2)c(C)n1. The van der Waals surface area contributed by atoms with Crippen molar-refractivity contribution in [2.75, 3.05) is 5.32 Å². The van der Waals surface area contributed by atoms with Crippen LogP contribution in [0.3, 0.4) is 0 Å². The summed E-state index contributed by atoms with van der Waals surface area (Å²) < 4.78 is 0. The molecule has 0 bridgehead atoms. The van der Waals surface area contributed by atoms with E-state index in [1.54, 1.807) is 19.9 Å². The molecule has 86 valence electrons. The Hall–Kier alpha value is -2.37. The molecule has 17 heavy (non-hydrogen) atoms. The van der Waals surface area contributed by atoms with Gasteiger partial charge in [0.25, 0.3) is 5.91 Å². The van der Waals surface area contributed by atoms with Gasteiger partial charge in [-0.2, -0.15) is 10.2 Å². The summed E-state index contributed by atoms with van der Waals surface area (Å²) in [4.78, 5) is 20.0. The summed E-state index contributed by atoms with van der Waals surface area (Å²) in [5.74, 6) is 0.389. The highest BCUT2D eigenvalue weighted by atomic mass is 16.1. The van der Waals surface area contributed by atoms with Crippen LogP contribution < -0.4 is 5.32 Å². The van der Waals surface area contributed by atoms with Crippen LogP contribution in [-0.2, 0) is 0 Å². The third-order valence-electron chi connectivity index (χ3n) is 2.19. The van der Waals surface area contributed by atoms with Crippen molar-refractivity contribution in [3.63, 3.8) is 0 Å². The Morgan fingerprint density at radius 2 is 2.06 bits per heavy atom. The second-order valence-corrected chi connectivity index (χ2v) is 3.50. The molecule has 2 aromatic rings. The molecule has 0 unspecified atom stereocenters. The average Bonchev–Trinajstić information content (AvgIpc) is 2.30. The van der Waals surface area contributed by atoms with Crippen molar-refractivity contribution in [1.82, 2.24) is 20.2 Å². The number of amides is 1. The molecule has 0 aliphatic rings. The number of carbonyl (C=O) groups is 1. The first kappa shape index (κ1) is 11.1. The minimum atomic E-state index is -0.254. The summed E-state index contributed by atoms with van der Waals surface area (Å²) in [7, 11) is 0. The topological polar surface area (TPSA) is 80.7 Å². The molecule has 0 spiro atoms. The van der Waals surface area contributed by atoms with Gasteiger partial charge in [0.2, 0.25) is 0 Å². The van der Waals surface area contributed by atoms with Crippen molar-refractivity contribution in [3.8, 4) is 0 Å². The fourth-order valence-corrected chi connectivity index (χ4v) is 1.37. The number of rotatable bonds is 2. The number of nitrogens with one attached hydrogen (secondary N) is 1. The number of nitrogens with zero attached hydrogens (tertiary/aromatic N) is 4. The monoisotopic (exact) mass is 229 g/mol. The molecule has 2 rings (SSSR count). The molecular weight excluding hydrogens is 218 g/mol. The van der Waals surface area contributed by atoms with E-state index < -0.39 is 0 Å². The van der Waals surface area contributed by atoms with Gasteiger partial charge in [-0.1, -0.05) is 0 Å². The summed E-state index contributed by atoms with van der Waals surface area (Å²) in [6, 6.07) is 1.66. The Bertz CT molecular complexity index is 541. The quantitative estimate of drug-likeness (QED) is 0.835. The lowest BCUT2D eigenvalue weighted by atomic mass is 10.2. The molecular formula is C11H11N5O. The standard InChI is InChI=1S/C11H11N5O/c1-7-10(6-12-8(2)15-7)11(17)16-9-3-4-13-14-5-9/h3-6H,1-2H3,(H,13,16,17). The molecule has 1 amide bonds. The second kappa shape index (κ2) is 4.65. The molecule has 2 aromatic heterocycles. The van der Waals surface area contributed by atoms with Gasteiger partial charge in [0, 0.05) is 6.20 Å². The minimum absolute atomic E-state index is 0.254. The van der Waals surface area contributed by atoms with Crippen molar-refractivity contribution in [2.45, 2.75) is 13.8 Å². The maximum atomic E-state index is 11.9. The zero-order valence-electron chi connectivity index (χ0n) is 9.51. The number of hydrogen-bond donors (Lipinski definition) is 1. The van der Waals surface area contributed by atoms with Gasteiger partial charge in [-0.3, -0.25) is 4.79 Å². The Morgan fingerprint density at radius 1 is 1.24 bits per heavy atom. The maximum absolute atomic E-state index is 11.9. The van der Waals surface area contributed by atoms with Gasteiger partial charge in [-0.05, 0) is 19.9 Å². The van der Waals surface area contributed by atoms with Gasteiger partial charge < -0.3 is 5.32 Å². The molecule has 0 saturated carbocycles. The van der Waals surface area contributed by atoms with Crippen molar-refractivity contribution in [2.24, 2.45) is 0 Å². The summed E-state index contributed by atoms with van der Waals surface area (Å²) >= 11 is 0. The summed E-state index contributed by atoms with van der Waals surface area (Å²) in [6.07, 6.45) is 4.50. The minimum Gasteiger partial charge on any atom is -0.320 e. The van der Waals surface area contributed by atoms with E-state index in [2.05, 4.69) is 25.5 Å². The van der Waals surface area contributed by atoms with E-state index in [9.17, 15) is 4.79 Å². The van der Waals surface area contributed by atoms with Crippen molar-refractivity contribution in [3.05, 3.63) is 41.7 Å². The summed E-state index contributed by atoms with van der Waals surface area (Å²) in [5.41, 5.74) is 1.69. The lowest BCUT2D eigenvalue weighted by molar-refractivity contribution is 0.102. The van der Waals surface area contributed by atoms with Crippen molar-refractivity contribution in [1.29, 1.82) is 0 Å². The number of anilines is 1. The largest absolute Gasteiger partial charge is 0.320 e. The molecule has 0 fully saturated rings. The Balaban J connectivity index is 2.21. The predicted molar refractivity (Wildman–Crippen MR) is 61.5 cm³/mol. The van der Waals surface area contributed by atoms with Crippen LogP contribution in [0.2, 0.25) is 0 Å². The average molecular weight is 229 g/mol. The summed E-state index contributed by atoms with van der Waals surface area (Å²) in [6.45, 7) is 3.55. The van der Waals surface area contributed by atoms with E-state index in [-0.39, 0.29) is 5.91 Å². The van der Waals surface area contributed by atoms with Crippen LogP contribution in [0.25, 0.3) is 0 Å². The molecule has 0 aliphatic heterocycles. The van der Waals surface area contributed by atoms with Crippen molar-refractivity contribution < 1.29 is 4.79 Å². The Morgan fingerprint density at radius 3 is 2.71 bits per heavy atom. The number of hydrogen-bond acceptors (Lipinski definition) is 5. The predicted octanol–water partition coefficient (Wildman–Crippen LogP) is 1.14. The zero-order chi connectivity index (χ0) is 12.3. The first-order valence-electron chi connectivity index (χ1n) is 5.05.